The number of phenolic OH excluding ortho intramolecular Hbond substituents is 1. The predicted octanol–water partition coefficient (Wildman–Crippen LogP) is 3.03. The van der Waals surface area contributed by atoms with Crippen molar-refractivity contribution in [2.75, 3.05) is 11.9 Å². The molecule has 0 aliphatic carbocycles. The molecule has 0 atom stereocenters. The van der Waals surface area contributed by atoms with Crippen LogP contribution in [-0.2, 0) is 4.79 Å². The van der Waals surface area contributed by atoms with E-state index in [1.807, 2.05) is 32.0 Å². The van der Waals surface area contributed by atoms with Crippen LogP contribution in [0.4, 0.5) is 5.69 Å². The van der Waals surface area contributed by atoms with Crippen molar-refractivity contribution in [1.29, 1.82) is 0 Å². The molecular weight excluding hydrogens is 254 g/mol. The molecule has 0 unspecified atom stereocenters. The Morgan fingerprint density at radius 3 is 2.45 bits per heavy atom. The normalized spacial score (nSPS) is 10.1. The fraction of sp³-hybridized carbons (Fsp3) is 0.188. The average molecular weight is 271 g/mol. The number of amides is 1. The lowest BCUT2D eigenvalue weighted by molar-refractivity contribution is -0.118. The van der Waals surface area contributed by atoms with Crippen molar-refractivity contribution < 1.29 is 14.6 Å². The van der Waals surface area contributed by atoms with Crippen molar-refractivity contribution in [3.8, 4) is 11.5 Å². The largest absolute Gasteiger partial charge is 0.508 e. The van der Waals surface area contributed by atoms with E-state index in [0.717, 1.165) is 5.56 Å². The number of nitrogens with one attached hydrogen (secondary N) is 1. The molecule has 1 amide bonds. The first-order valence-electron chi connectivity index (χ1n) is 6.33. The number of ether oxygens (including phenoxy) is 1. The molecule has 0 fully saturated rings. The molecule has 20 heavy (non-hydrogen) atoms. The predicted molar refractivity (Wildman–Crippen MR) is 78.1 cm³/mol. The van der Waals surface area contributed by atoms with Crippen LogP contribution in [-0.4, -0.2) is 17.6 Å². The summed E-state index contributed by atoms with van der Waals surface area (Å²) in [5.41, 5.74) is 2.93. The van der Waals surface area contributed by atoms with Crippen molar-refractivity contribution in [2.45, 2.75) is 13.8 Å². The topological polar surface area (TPSA) is 58.6 Å². The van der Waals surface area contributed by atoms with E-state index in [0.29, 0.717) is 11.4 Å². The Morgan fingerprint density at radius 2 is 1.80 bits per heavy atom. The summed E-state index contributed by atoms with van der Waals surface area (Å²) in [5, 5.41) is 11.8. The Hall–Kier alpha value is -2.49. The third kappa shape index (κ3) is 3.75. The molecule has 0 saturated heterocycles. The van der Waals surface area contributed by atoms with Crippen LogP contribution >= 0.6 is 0 Å². The Balaban J connectivity index is 1.88. The highest BCUT2D eigenvalue weighted by molar-refractivity contribution is 5.91. The van der Waals surface area contributed by atoms with E-state index in [9.17, 15) is 4.79 Å². The molecule has 0 aromatic heterocycles. The first kappa shape index (κ1) is 13.9. The number of anilines is 1. The Labute approximate surface area is 118 Å². The van der Waals surface area contributed by atoms with Crippen LogP contribution in [0.5, 0.6) is 11.5 Å². The molecule has 0 aliphatic heterocycles. The van der Waals surface area contributed by atoms with Crippen LogP contribution in [0, 0.1) is 13.8 Å². The molecule has 4 heteroatoms. The van der Waals surface area contributed by atoms with Gasteiger partial charge in [0.25, 0.3) is 5.91 Å². The Bertz CT molecular complexity index is 606. The molecule has 2 N–H and O–H groups in total. The molecule has 4 nitrogen and oxygen atoms in total. The number of hydrogen-bond donors (Lipinski definition) is 2. The van der Waals surface area contributed by atoms with Gasteiger partial charge < -0.3 is 15.2 Å². The summed E-state index contributed by atoms with van der Waals surface area (Å²) in [5.74, 6) is 0.595. The van der Waals surface area contributed by atoms with Gasteiger partial charge in [0.05, 0.1) is 0 Å². The zero-order valence-corrected chi connectivity index (χ0v) is 11.5. The van der Waals surface area contributed by atoms with Crippen LogP contribution in [0.1, 0.15) is 11.1 Å². The number of benzene rings is 2. The van der Waals surface area contributed by atoms with Gasteiger partial charge in [-0.15, -0.1) is 0 Å². The molecule has 2 aromatic carbocycles. The zero-order chi connectivity index (χ0) is 14.5. The Kier molecular flexibility index (Phi) is 4.25. The van der Waals surface area contributed by atoms with E-state index in [1.165, 1.54) is 17.7 Å². The van der Waals surface area contributed by atoms with E-state index in [-0.39, 0.29) is 18.3 Å². The summed E-state index contributed by atoms with van der Waals surface area (Å²) in [4.78, 5) is 11.7. The summed E-state index contributed by atoms with van der Waals surface area (Å²) >= 11 is 0. The number of carbonyl (C=O) groups excluding carboxylic acids is 1. The molecule has 104 valence electrons. The quantitative estimate of drug-likeness (QED) is 0.840. The maximum Gasteiger partial charge on any atom is 0.262 e. The van der Waals surface area contributed by atoms with E-state index in [2.05, 4.69) is 5.32 Å². The van der Waals surface area contributed by atoms with Gasteiger partial charge in [-0.05, 0) is 61.4 Å². The summed E-state index contributed by atoms with van der Waals surface area (Å²) in [7, 11) is 0. The van der Waals surface area contributed by atoms with Gasteiger partial charge >= 0.3 is 0 Å². The van der Waals surface area contributed by atoms with Crippen LogP contribution in [0.15, 0.2) is 42.5 Å². The lowest BCUT2D eigenvalue weighted by Crippen LogP contribution is -2.20. The minimum atomic E-state index is -0.242. The van der Waals surface area contributed by atoms with Gasteiger partial charge in [-0.3, -0.25) is 4.79 Å². The van der Waals surface area contributed by atoms with Crippen molar-refractivity contribution in [3.63, 3.8) is 0 Å². The van der Waals surface area contributed by atoms with Gasteiger partial charge in [-0.2, -0.15) is 0 Å². The first-order chi connectivity index (χ1) is 9.54. The molecule has 0 spiro atoms. The fourth-order valence-corrected chi connectivity index (χ4v) is 1.69. The van der Waals surface area contributed by atoms with Crippen LogP contribution in [0.25, 0.3) is 0 Å². The van der Waals surface area contributed by atoms with Gasteiger partial charge in [-0.25, -0.2) is 0 Å². The highest BCUT2D eigenvalue weighted by Gasteiger charge is 2.04. The summed E-state index contributed by atoms with van der Waals surface area (Å²) < 4.78 is 5.44. The second kappa shape index (κ2) is 6.10. The Morgan fingerprint density at radius 1 is 1.10 bits per heavy atom. The van der Waals surface area contributed by atoms with Gasteiger partial charge in [0.2, 0.25) is 0 Å². The molecule has 0 saturated carbocycles. The van der Waals surface area contributed by atoms with E-state index in [1.54, 1.807) is 12.1 Å². The molecule has 0 radical (unpaired) electrons. The van der Waals surface area contributed by atoms with Gasteiger partial charge in [0.1, 0.15) is 11.5 Å². The third-order valence-electron chi connectivity index (χ3n) is 3.00. The molecule has 2 rings (SSSR count). The summed E-state index contributed by atoms with van der Waals surface area (Å²) in [6.07, 6.45) is 0. The molecule has 0 aliphatic rings. The number of aromatic hydroxyl groups is 1. The number of hydrogen-bond acceptors (Lipinski definition) is 3. The fourth-order valence-electron chi connectivity index (χ4n) is 1.69. The minimum Gasteiger partial charge on any atom is -0.508 e. The highest BCUT2D eigenvalue weighted by Crippen LogP contribution is 2.17. The molecule has 0 heterocycles. The lowest BCUT2D eigenvalue weighted by atomic mass is 10.1. The number of carbonyl (C=O) groups is 1. The SMILES string of the molecule is Cc1ccc(OCC(=O)Nc2ccc(O)cc2)cc1C. The summed E-state index contributed by atoms with van der Waals surface area (Å²) in [6, 6.07) is 12.0. The number of rotatable bonds is 4. The maximum absolute atomic E-state index is 11.7. The zero-order valence-electron chi connectivity index (χ0n) is 11.5. The van der Waals surface area contributed by atoms with Crippen LogP contribution in [0.2, 0.25) is 0 Å². The third-order valence-corrected chi connectivity index (χ3v) is 3.00. The van der Waals surface area contributed by atoms with E-state index < -0.39 is 0 Å². The molecule has 0 bridgehead atoms. The number of phenols is 1. The lowest BCUT2D eigenvalue weighted by Gasteiger charge is -2.09. The molecule has 2 aromatic rings. The minimum absolute atomic E-state index is 0.0522. The highest BCUT2D eigenvalue weighted by atomic mass is 16.5. The van der Waals surface area contributed by atoms with Crippen LogP contribution in [0.3, 0.4) is 0 Å². The maximum atomic E-state index is 11.7. The summed E-state index contributed by atoms with van der Waals surface area (Å²) in [6.45, 7) is 3.97. The average Bonchev–Trinajstić information content (AvgIpc) is 2.43. The smallest absolute Gasteiger partial charge is 0.262 e. The van der Waals surface area contributed by atoms with Gasteiger partial charge in [0, 0.05) is 5.69 Å². The van der Waals surface area contributed by atoms with E-state index >= 15 is 0 Å². The van der Waals surface area contributed by atoms with Gasteiger partial charge in [-0.1, -0.05) is 6.07 Å². The van der Waals surface area contributed by atoms with Crippen molar-refractivity contribution in [1.82, 2.24) is 0 Å². The molecular formula is C16H17NO3. The second-order valence-electron chi connectivity index (χ2n) is 4.63. The first-order valence-corrected chi connectivity index (χ1v) is 6.33. The van der Waals surface area contributed by atoms with E-state index in [4.69, 9.17) is 9.84 Å². The second-order valence-corrected chi connectivity index (χ2v) is 4.63. The van der Waals surface area contributed by atoms with Crippen LogP contribution < -0.4 is 10.1 Å². The monoisotopic (exact) mass is 271 g/mol. The van der Waals surface area contributed by atoms with Gasteiger partial charge in [0.15, 0.2) is 6.61 Å². The van der Waals surface area contributed by atoms with Crippen molar-refractivity contribution in [3.05, 3.63) is 53.6 Å². The standard InChI is InChI=1S/C16H17NO3/c1-11-3-8-15(9-12(11)2)20-10-16(19)17-13-4-6-14(18)7-5-13/h3-9,18H,10H2,1-2H3,(H,17,19). The number of aryl methyl sites for hydroxylation is 2. The van der Waals surface area contributed by atoms with Crippen molar-refractivity contribution in [2.24, 2.45) is 0 Å². The van der Waals surface area contributed by atoms with Crippen molar-refractivity contribution >= 4 is 11.6 Å².